The van der Waals surface area contributed by atoms with Gasteiger partial charge in [0.1, 0.15) is 5.75 Å². The quantitative estimate of drug-likeness (QED) is 0.852. The third kappa shape index (κ3) is 2.38. The van der Waals surface area contributed by atoms with Crippen LogP contribution in [0.5, 0.6) is 11.5 Å². The van der Waals surface area contributed by atoms with Crippen LogP contribution in [0.3, 0.4) is 0 Å². The monoisotopic (exact) mass is 219 g/mol. The molecular formula is C11H13N3O2. The largest absolute Gasteiger partial charge is 0.452 e. The Morgan fingerprint density at radius 2 is 2.12 bits per heavy atom. The number of aromatic nitrogens is 3. The van der Waals surface area contributed by atoms with E-state index in [-0.39, 0.29) is 0 Å². The van der Waals surface area contributed by atoms with Gasteiger partial charge in [0.15, 0.2) is 5.75 Å². The number of aliphatic hydroxyl groups excluding tert-OH is 1. The molecule has 0 aliphatic heterocycles. The number of aliphatic hydroxyl groups is 1. The average Bonchev–Trinajstić information content (AvgIpc) is 2.65. The van der Waals surface area contributed by atoms with Crippen molar-refractivity contribution < 1.29 is 9.84 Å². The molecule has 0 bridgehead atoms. The van der Waals surface area contributed by atoms with Crippen molar-refractivity contribution in [2.24, 2.45) is 7.05 Å². The number of rotatable bonds is 3. The van der Waals surface area contributed by atoms with Gasteiger partial charge in [-0.1, -0.05) is 0 Å². The molecule has 0 saturated carbocycles. The van der Waals surface area contributed by atoms with Crippen molar-refractivity contribution in [3.05, 3.63) is 36.4 Å². The summed E-state index contributed by atoms with van der Waals surface area (Å²) < 4.78 is 7.17. The summed E-state index contributed by atoms with van der Waals surface area (Å²) in [7, 11) is 1.82. The zero-order valence-corrected chi connectivity index (χ0v) is 9.16. The summed E-state index contributed by atoms with van der Waals surface area (Å²) >= 11 is 0. The number of pyridine rings is 1. The van der Waals surface area contributed by atoms with Gasteiger partial charge in [0.05, 0.1) is 30.4 Å². The van der Waals surface area contributed by atoms with Gasteiger partial charge in [-0.05, 0) is 19.1 Å². The number of ether oxygens (including phenoxy) is 1. The normalized spacial score (nSPS) is 12.4. The molecule has 2 rings (SSSR count). The molecule has 0 aliphatic carbocycles. The van der Waals surface area contributed by atoms with Crippen molar-refractivity contribution in [1.29, 1.82) is 0 Å². The van der Waals surface area contributed by atoms with Crippen LogP contribution in [0.1, 0.15) is 18.7 Å². The topological polar surface area (TPSA) is 60.2 Å². The fourth-order valence-corrected chi connectivity index (χ4v) is 1.29. The number of nitrogens with zero attached hydrogens (tertiary/aromatic N) is 3. The summed E-state index contributed by atoms with van der Waals surface area (Å²) in [5.74, 6) is 1.28. The maximum atomic E-state index is 9.29. The molecule has 5 heteroatoms. The first kappa shape index (κ1) is 10.6. The predicted molar refractivity (Wildman–Crippen MR) is 58.2 cm³/mol. The average molecular weight is 219 g/mol. The Hall–Kier alpha value is -1.88. The maximum absolute atomic E-state index is 9.29. The lowest BCUT2D eigenvalue weighted by atomic mass is 10.2. The highest BCUT2D eigenvalue weighted by atomic mass is 16.5. The van der Waals surface area contributed by atoms with Crippen molar-refractivity contribution in [3.63, 3.8) is 0 Å². The molecule has 2 aromatic rings. The van der Waals surface area contributed by atoms with Gasteiger partial charge in [0, 0.05) is 7.05 Å². The third-order valence-electron chi connectivity index (χ3n) is 2.10. The van der Waals surface area contributed by atoms with E-state index in [1.54, 1.807) is 42.3 Å². The lowest BCUT2D eigenvalue weighted by molar-refractivity contribution is 0.194. The molecule has 0 saturated heterocycles. The number of hydrogen-bond acceptors (Lipinski definition) is 4. The van der Waals surface area contributed by atoms with E-state index in [9.17, 15) is 5.11 Å². The van der Waals surface area contributed by atoms with Crippen LogP contribution in [0, 0.1) is 0 Å². The second-order valence-electron chi connectivity index (χ2n) is 3.55. The maximum Gasteiger partial charge on any atom is 0.165 e. The smallest absolute Gasteiger partial charge is 0.165 e. The van der Waals surface area contributed by atoms with Gasteiger partial charge in [-0.15, -0.1) is 0 Å². The molecule has 2 aromatic heterocycles. The summed E-state index contributed by atoms with van der Waals surface area (Å²) in [6.45, 7) is 1.67. The van der Waals surface area contributed by atoms with E-state index >= 15 is 0 Å². The van der Waals surface area contributed by atoms with Gasteiger partial charge >= 0.3 is 0 Å². The predicted octanol–water partition coefficient (Wildman–Crippen LogP) is 1.66. The van der Waals surface area contributed by atoms with Crippen LogP contribution in [0.15, 0.2) is 30.7 Å². The van der Waals surface area contributed by atoms with Gasteiger partial charge in [-0.3, -0.25) is 9.67 Å². The minimum atomic E-state index is -0.563. The van der Waals surface area contributed by atoms with Crippen molar-refractivity contribution in [1.82, 2.24) is 14.8 Å². The van der Waals surface area contributed by atoms with Gasteiger partial charge in [-0.25, -0.2) is 0 Å². The van der Waals surface area contributed by atoms with E-state index in [1.807, 2.05) is 7.05 Å². The van der Waals surface area contributed by atoms with E-state index < -0.39 is 6.10 Å². The SMILES string of the molecule is C[C@@H](O)c1ccc(Oc2cnn(C)c2)cn1. The Balaban J connectivity index is 2.11. The Kier molecular flexibility index (Phi) is 2.87. The summed E-state index contributed by atoms with van der Waals surface area (Å²) in [6.07, 6.45) is 4.41. The minimum absolute atomic E-state index is 0.563. The number of aryl methyl sites for hydroxylation is 1. The third-order valence-corrected chi connectivity index (χ3v) is 2.10. The molecule has 0 aromatic carbocycles. The minimum Gasteiger partial charge on any atom is -0.452 e. The first-order chi connectivity index (χ1) is 7.65. The second kappa shape index (κ2) is 4.32. The lowest BCUT2D eigenvalue weighted by Crippen LogP contribution is -1.94. The summed E-state index contributed by atoms with van der Waals surface area (Å²) in [4.78, 5) is 4.08. The van der Waals surface area contributed by atoms with E-state index in [0.29, 0.717) is 17.2 Å². The Morgan fingerprint density at radius 3 is 2.62 bits per heavy atom. The van der Waals surface area contributed by atoms with Crippen LogP contribution in [0.25, 0.3) is 0 Å². The molecule has 1 atom stereocenters. The van der Waals surface area contributed by atoms with Gasteiger partial charge in [0.2, 0.25) is 0 Å². The Morgan fingerprint density at radius 1 is 1.31 bits per heavy atom. The van der Waals surface area contributed by atoms with Gasteiger partial charge in [0.25, 0.3) is 0 Å². The molecule has 1 N–H and O–H groups in total. The molecule has 16 heavy (non-hydrogen) atoms. The molecule has 2 heterocycles. The number of hydrogen-bond donors (Lipinski definition) is 1. The van der Waals surface area contributed by atoms with Crippen molar-refractivity contribution in [3.8, 4) is 11.5 Å². The van der Waals surface area contributed by atoms with Gasteiger partial charge < -0.3 is 9.84 Å². The summed E-state index contributed by atoms with van der Waals surface area (Å²) in [5.41, 5.74) is 0.624. The van der Waals surface area contributed by atoms with Crippen molar-refractivity contribution in [2.45, 2.75) is 13.0 Å². The van der Waals surface area contributed by atoms with Crippen LogP contribution in [0.2, 0.25) is 0 Å². The van der Waals surface area contributed by atoms with Gasteiger partial charge in [-0.2, -0.15) is 5.10 Å². The fourth-order valence-electron chi connectivity index (χ4n) is 1.29. The standard InChI is InChI=1S/C11H13N3O2/c1-8(15)11-4-3-9(5-12-11)16-10-6-13-14(2)7-10/h3-8,15H,1-2H3/t8-/m1/s1. The van der Waals surface area contributed by atoms with Crippen LogP contribution in [-0.4, -0.2) is 19.9 Å². The van der Waals surface area contributed by atoms with Crippen molar-refractivity contribution in [2.75, 3.05) is 0 Å². The Labute approximate surface area is 93.3 Å². The fraction of sp³-hybridized carbons (Fsp3) is 0.273. The highest BCUT2D eigenvalue weighted by molar-refractivity contribution is 5.26. The highest BCUT2D eigenvalue weighted by Crippen LogP contribution is 2.20. The van der Waals surface area contributed by atoms with E-state index in [4.69, 9.17) is 4.74 Å². The van der Waals surface area contributed by atoms with Crippen LogP contribution in [0.4, 0.5) is 0 Å². The van der Waals surface area contributed by atoms with E-state index in [0.717, 1.165) is 0 Å². The Bertz CT molecular complexity index is 462. The molecule has 0 amide bonds. The van der Waals surface area contributed by atoms with Crippen LogP contribution in [-0.2, 0) is 7.05 Å². The molecule has 5 nitrogen and oxygen atoms in total. The molecule has 0 radical (unpaired) electrons. The molecular weight excluding hydrogens is 206 g/mol. The first-order valence-electron chi connectivity index (χ1n) is 4.95. The lowest BCUT2D eigenvalue weighted by Gasteiger charge is -2.05. The zero-order valence-electron chi connectivity index (χ0n) is 9.16. The second-order valence-corrected chi connectivity index (χ2v) is 3.55. The van der Waals surface area contributed by atoms with E-state index in [2.05, 4.69) is 10.1 Å². The highest BCUT2D eigenvalue weighted by Gasteiger charge is 2.03. The zero-order chi connectivity index (χ0) is 11.5. The van der Waals surface area contributed by atoms with Crippen molar-refractivity contribution >= 4 is 0 Å². The summed E-state index contributed by atoms with van der Waals surface area (Å²) in [5, 5.41) is 13.3. The first-order valence-corrected chi connectivity index (χ1v) is 4.95. The molecule has 0 fully saturated rings. The molecule has 84 valence electrons. The molecule has 0 spiro atoms. The van der Waals surface area contributed by atoms with Crippen LogP contribution < -0.4 is 4.74 Å². The molecule has 0 unspecified atom stereocenters. The van der Waals surface area contributed by atoms with Crippen LogP contribution >= 0.6 is 0 Å². The summed E-state index contributed by atoms with van der Waals surface area (Å²) in [6, 6.07) is 3.50. The van der Waals surface area contributed by atoms with E-state index in [1.165, 1.54) is 0 Å². The molecule has 0 aliphatic rings.